The lowest BCUT2D eigenvalue weighted by Crippen LogP contribution is -2.13. The van der Waals surface area contributed by atoms with Gasteiger partial charge >= 0.3 is 0 Å². The Labute approximate surface area is 164 Å². The van der Waals surface area contributed by atoms with Crippen molar-refractivity contribution in [1.29, 1.82) is 0 Å². The average molecular weight is 377 g/mol. The molecule has 0 spiro atoms. The molecule has 0 bridgehead atoms. The molecule has 3 aromatic rings. The van der Waals surface area contributed by atoms with Crippen molar-refractivity contribution in [3.63, 3.8) is 0 Å². The maximum atomic E-state index is 12.8. The van der Waals surface area contributed by atoms with Crippen LogP contribution in [-0.2, 0) is 13.0 Å². The van der Waals surface area contributed by atoms with Crippen molar-refractivity contribution in [3.05, 3.63) is 84.2 Å². The number of nitrogens with one attached hydrogen (secondary N) is 1. The highest BCUT2D eigenvalue weighted by molar-refractivity contribution is 6.05. The Morgan fingerprint density at radius 2 is 2.07 bits per heavy atom. The van der Waals surface area contributed by atoms with E-state index in [0.717, 1.165) is 16.8 Å². The lowest BCUT2D eigenvalue weighted by molar-refractivity contribution is 0.102. The number of allylic oxidation sites excluding steroid dienone is 1. The first-order chi connectivity index (χ1) is 13.6. The summed E-state index contributed by atoms with van der Waals surface area (Å²) >= 11 is 0. The van der Waals surface area contributed by atoms with Crippen LogP contribution in [0.5, 0.6) is 11.5 Å². The SMILES string of the molecule is C=CCc1cc(C(=O)Nc2cccc(Cn3cccn3)c2)cc(OC)c1OC. The van der Waals surface area contributed by atoms with Crippen molar-refractivity contribution in [1.82, 2.24) is 9.78 Å². The summed E-state index contributed by atoms with van der Waals surface area (Å²) in [4.78, 5) is 12.8. The van der Waals surface area contributed by atoms with Crippen molar-refractivity contribution >= 4 is 11.6 Å². The number of aromatic nitrogens is 2. The molecule has 28 heavy (non-hydrogen) atoms. The summed E-state index contributed by atoms with van der Waals surface area (Å²) in [6.07, 6.45) is 5.97. The first kappa shape index (κ1) is 19.2. The fourth-order valence-corrected chi connectivity index (χ4v) is 3.01. The standard InChI is InChI=1S/C22H23N3O3/c1-4-7-17-13-18(14-20(27-2)21(17)28-3)22(26)24-19-9-5-8-16(12-19)15-25-11-6-10-23-25/h4-6,8-14H,1,7,15H2,2-3H3,(H,24,26). The quantitative estimate of drug-likeness (QED) is 0.604. The number of carbonyl (C=O) groups excluding carboxylic acids is 1. The molecule has 3 rings (SSSR count). The third-order valence-corrected chi connectivity index (χ3v) is 4.27. The van der Waals surface area contributed by atoms with Gasteiger partial charge in [-0.1, -0.05) is 18.2 Å². The number of hydrogen-bond donors (Lipinski definition) is 1. The normalized spacial score (nSPS) is 10.4. The fourth-order valence-electron chi connectivity index (χ4n) is 3.01. The minimum absolute atomic E-state index is 0.220. The van der Waals surface area contributed by atoms with E-state index in [1.54, 1.807) is 38.6 Å². The maximum absolute atomic E-state index is 12.8. The number of amides is 1. The van der Waals surface area contributed by atoms with Crippen molar-refractivity contribution in [3.8, 4) is 11.5 Å². The largest absolute Gasteiger partial charge is 0.493 e. The van der Waals surface area contributed by atoms with E-state index in [4.69, 9.17) is 9.47 Å². The van der Waals surface area contributed by atoms with Gasteiger partial charge in [-0.15, -0.1) is 6.58 Å². The van der Waals surface area contributed by atoms with Crippen LogP contribution in [0.1, 0.15) is 21.5 Å². The third kappa shape index (κ3) is 4.40. The Kier molecular flexibility index (Phi) is 6.11. The molecule has 6 heteroatoms. The molecule has 0 aliphatic heterocycles. The Hall–Kier alpha value is -3.54. The van der Waals surface area contributed by atoms with Crippen molar-refractivity contribution in [2.24, 2.45) is 0 Å². The van der Waals surface area contributed by atoms with Gasteiger partial charge in [0.2, 0.25) is 0 Å². The summed E-state index contributed by atoms with van der Waals surface area (Å²) < 4.78 is 12.6. The summed E-state index contributed by atoms with van der Waals surface area (Å²) in [6, 6.07) is 13.0. The zero-order valence-electron chi connectivity index (χ0n) is 16.0. The number of ether oxygens (including phenoxy) is 2. The molecule has 0 atom stereocenters. The molecule has 0 unspecified atom stereocenters. The molecule has 0 fully saturated rings. The van der Waals surface area contributed by atoms with Crippen LogP contribution in [0.25, 0.3) is 0 Å². The molecular formula is C22H23N3O3. The number of methoxy groups -OCH3 is 2. The molecular weight excluding hydrogens is 354 g/mol. The molecule has 144 valence electrons. The lowest BCUT2D eigenvalue weighted by Gasteiger charge is -2.14. The van der Waals surface area contributed by atoms with E-state index in [0.29, 0.717) is 30.0 Å². The Morgan fingerprint density at radius 3 is 2.75 bits per heavy atom. The van der Waals surface area contributed by atoms with Gasteiger partial charge in [-0.25, -0.2) is 0 Å². The number of anilines is 1. The highest BCUT2D eigenvalue weighted by Gasteiger charge is 2.16. The number of benzene rings is 2. The molecule has 0 aliphatic carbocycles. The van der Waals surface area contributed by atoms with Gasteiger partial charge in [0, 0.05) is 29.2 Å². The minimum atomic E-state index is -0.220. The van der Waals surface area contributed by atoms with Crippen LogP contribution in [-0.4, -0.2) is 29.9 Å². The van der Waals surface area contributed by atoms with Gasteiger partial charge in [0.15, 0.2) is 11.5 Å². The Balaban J connectivity index is 1.82. The van der Waals surface area contributed by atoms with Crippen molar-refractivity contribution in [2.45, 2.75) is 13.0 Å². The second-order valence-electron chi connectivity index (χ2n) is 6.22. The maximum Gasteiger partial charge on any atom is 0.255 e. The molecule has 1 heterocycles. The van der Waals surface area contributed by atoms with Crippen molar-refractivity contribution < 1.29 is 14.3 Å². The summed E-state index contributed by atoms with van der Waals surface area (Å²) in [7, 11) is 3.13. The number of nitrogens with zero attached hydrogens (tertiary/aromatic N) is 2. The van der Waals surface area contributed by atoms with Gasteiger partial charge in [-0.2, -0.15) is 5.10 Å². The molecule has 1 amide bonds. The highest BCUT2D eigenvalue weighted by atomic mass is 16.5. The molecule has 0 saturated carbocycles. The van der Waals surface area contributed by atoms with Crippen LogP contribution in [0.3, 0.4) is 0 Å². The van der Waals surface area contributed by atoms with Gasteiger partial charge < -0.3 is 14.8 Å². The number of carbonyl (C=O) groups is 1. The second kappa shape index (κ2) is 8.90. The van der Waals surface area contributed by atoms with Crippen LogP contribution < -0.4 is 14.8 Å². The Morgan fingerprint density at radius 1 is 1.21 bits per heavy atom. The molecule has 0 saturated heterocycles. The predicted octanol–water partition coefficient (Wildman–Crippen LogP) is 3.93. The van der Waals surface area contributed by atoms with E-state index in [9.17, 15) is 4.79 Å². The second-order valence-corrected chi connectivity index (χ2v) is 6.22. The van der Waals surface area contributed by atoms with Gasteiger partial charge in [-0.05, 0) is 42.3 Å². The van der Waals surface area contributed by atoms with Crippen LogP contribution in [0, 0.1) is 0 Å². The lowest BCUT2D eigenvalue weighted by atomic mass is 10.0. The number of rotatable bonds is 8. The summed E-state index contributed by atoms with van der Waals surface area (Å²) in [6.45, 7) is 4.40. The summed E-state index contributed by atoms with van der Waals surface area (Å²) in [5.74, 6) is 0.905. The van der Waals surface area contributed by atoms with Crippen LogP contribution in [0.15, 0.2) is 67.5 Å². The zero-order valence-corrected chi connectivity index (χ0v) is 16.0. The van der Waals surface area contributed by atoms with Gasteiger partial charge in [-0.3, -0.25) is 9.48 Å². The molecule has 1 aromatic heterocycles. The number of hydrogen-bond acceptors (Lipinski definition) is 4. The van der Waals surface area contributed by atoms with Crippen LogP contribution >= 0.6 is 0 Å². The third-order valence-electron chi connectivity index (χ3n) is 4.27. The van der Waals surface area contributed by atoms with Gasteiger partial charge in [0.25, 0.3) is 5.91 Å². The van der Waals surface area contributed by atoms with Gasteiger partial charge in [0.05, 0.1) is 20.8 Å². The molecule has 1 N–H and O–H groups in total. The zero-order chi connectivity index (χ0) is 19.9. The monoisotopic (exact) mass is 377 g/mol. The van der Waals surface area contributed by atoms with Crippen LogP contribution in [0.2, 0.25) is 0 Å². The first-order valence-corrected chi connectivity index (χ1v) is 8.88. The highest BCUT2D eigenvalue weighted by Crippen LogP contribution is 2.33. The minimum Gasteiger partial charge on any atom is -0.493 e. The van der Waals surface area contributed by atoms with E-state index in [1.165, 1.54) is 0 Å². The van der Waals surface area contributed by atoms with Gasteiger partial charge in [0.1, 0.15) is 0 Å². The van der Waals surface area contributed by atoms with E-state index >= 15 is 0 Å². The summed E-state index contributed by atoms with van der Waals surface area (Å²) in [5.41, 5.74) is 3.09. The van der Waals surface area contributed by atoms with E-state index in [2.05, 4.69) is 17.0 Å². The van der Waals surface area contributed by atoms with E-state index in [-0.39, 0.29) is 5.91 Å². The van der Waals surface area contributed by atoms with Crippen molar-refractivity contribution in [2.75, 3.05) is 19.5 Å². The van der Waals surface area contributed by atoms with Crippen LogP contribution in [0.4, 0.5) is 5.69 Å². The van der Waals surface area contributed by atoms with E-state index in [1.807, 2.05) is 41.2 Å². The predicted molar refractivity (Wildman–Crippen MR) is 109 cm³/mol. The Bertz CT molecular complexity index is 965. The molecule has 6 nitrogen and oxygen atoms in total. The fraction of sp³-hybridized carbons (Fsp3) is 0.182. The molecule has 0 radical (unpaired) electrons. The molecule has 0 aliphatic rings. The topological polar surface area (TPSA) is 65.4 Å². The smallest absolute Gasteiger partial charge is 0.255 e. The first-order valence-electron chi connectivity index (χ1n) is 8.88. The average Bonchev–Trinajstić information content (AvgIpc) is 3.20. The van der Waals surface area contributed by atoms with E-state index < -0.39 is 0 Å². The molecule has 2 aromatic carbocycles. The summed E-state index contributed by atoms with van der Waals surface area (Å²) in [5, 5.41) is 7.15.